The fourth-order valence-electron chi connectivity index (χ4n) is 1.64. The van der Waals surface area contributed by atoms with E-state index in [1.807, 2.05) is 6.92 Å². The van der Waals surface area contributed by atoms with Crippen LogP contribution in [-0.2, 0) is 0 Å². The van der Waals surface area contributed by atoms with Crippen LogP contribution in [0.5, 0.6) is 11.5 Å². The number of hydrogen-bond acceptors (Lipinski definition) is 5. The largest absolute Gasteiger partial charge is 0.497 e. The van der Waals surface area contributed by atoms with Gasteiger partial charge in [0.2, 0.25) is 0 Å². The molecular formula is C13H15ClN2O3. The van der Waals surface area contributed by atoms with Gasteiger partial charge in [0.1, 0.15) is 11.5 Å². The minimum atomic E-state index is -0.255. The van der Waals surface area contributed by atoms with E-state index in [0.29, 0.717) is 28.8 Å². The van der Waals surface area contributed by atoms with E-state index >= 15 is 0 Å². The lowest BCUT2D eigenvalue weighted by molar-refractivity contribution is 0.395. The molecule has 0 amide bonds. The van der Waals surface area contributed by atoms with Gasteiger partial charge in [-0.05, 0) is 24.6 Å². The molecule has 6 heteroatoms. The second-order valence-electron chi connectivity index (χ2n) is 3.90. The van der Waals surface area contributed by atoms with Gasteiger partial charge in [0.15, 0.2) is 5.82 Å². The van der Waals surface area contributed by atoms with Crippen molar-refractivity contribution in [1.82, 2.24) is 10.1 Å². The van der Waals surface area contributed by atoms with Gasteiger partial charge in [-0.1, -0.05) is 12.1 Å². The van der Waals surface area contributed by atoms with Gasteiger partial charge in [-0.15, -0.1) is 11.6 Å². The summed E-state index contributed by atoms with van der Waals surface area (Å²) in [7, 11) is 3.18. The maximum Gasteiger partial charge on any atom is 0.261 e. The van der Waals surface area contributed by atoms with Crippen molar-refractivity contribution in [3.8, 4) is 23.0 Å². The fraction of sp³-hybridized carbons (Fsp3) is 0.385. The molecule has 102 valence electrons. The Bertz CT molecular complexity index is 557. The lowest BCUT2D eigenvalue weighted by Gasteiger charge is -2.06. The van der Waals surface area contributed by atoms with Crippen LogP contribution in [0.2, 0.25) is 0 Å². The first-order valence-electron chi connectivity index (χ1n) is 5.89. The topological polar surface area (TPSA) is 57.4 Å². The molecule has 5 nitrogen and oxygen atoms in total. The van der Waals surface area contributed by atoms with E-state index in [4.69, 9.17) is 25.6 Å². The van der Waals surface area contributed by atoms with E-state index in [0.717, 1.165) is 6.42 Å². The van der Waals surface area contributed by atoms with E-state index in [1.54, 1.807) is 32.4 Å². The third kappa shape index (κ3) is 2.81. The molecule has 0 aliphatic heterocycles. The van der Waals surface area contributed by atoms with Gasteiger partial charge < -0.3 is 14.0 Å². The van der Waals surface area contributed by atoms with Crippen LogP contribution in [0.1, 0.15) is 24.5 Å². The van der Waals surface area contributed by atoms with E-state index in [2.05, 4.69) is 10.1 Å². The van der Waals surface area contributed by atoms with Crippen LogP contribution in [0, 0.1) is 0 Å². The van der Waals surface area contributed by atoms with Gasteiger partial charge in [0, 0.05) is 0 Å². The standard InChI is InChI=1S/C13H15ClN2O3/c1-4-10(14)12-15-13(19-16-12)9-7-8(17-2)5-6-11(9)18-3/h5-7,10H,4H2,1-3H3. The van der Waals surface area contributed by atoms with Crippen LogP contribution in [0.15, 0.2) is 22.7 Å². The molecule has 1 atom stereocenters. The van der Waals surface area contributed by atoms with Crippen LogP contribution in [0.4, 0.5) is 0 Å². The van der Waals surface area contributed by atoms with Crippen molar-refractivity contribution in [2.24, 2.45) is 0 Å². The Morgan fingerprint density at radius 3 is 2.74 bits per heavy atom. The number of nitrogens with zero attached hydrogens (tertiary/aromatic N) is 2. The summed E-state index contributed by atoms with van der Waals surface area (Å²) in [6.45, 7) is 1.96. The molecule has 1 heterocycles. The summed E-state index contributed by atoms with van der Waals surface area (Å²) >= 11 is 6.08. The number of alkyl halides is 1. The molecule has 1 unspecified atom stereocenters. The summed E-state index contributed by atoms with van der Waals surface area (Å²) in [5, 5.41) is 3.62. The third-order valence-corrected chi connectivity index (χ3v) is 3.22. The maximum atomic E-state index is 6.08. The predicted molar refractivity (Wildman–Crippen MR) is 71.7 cm³/mol. The minimum absolute atomic E-state index is 0.255. The molecule has 0 N–H and O–H groups in total. The van der Waals surface area contributed by atoms with Crippen molar-refractivity contribution in [2.75, 3.05) is 14.2 Å². The summed E-state index contributed by atoms with van der Waals surface area (Å²) < 4.78 is 15.7. The second-order valence-corrected chi connectivity index (χ2v) is 4.43. The number of hydrogen-bond donors (Lipinski definition) is 0. The molecular weight excluding hydrogens is 268 g/mol. The van der Waals surface area contributed by atoms with Crippen LogP contribution in [0.25, 0.3) is 11.5 Å². The van der Waals surface area contributed by atoms with E-state index < -0.39 is 0 Å². The van der Waals surface area contributed by atoms with Crippen LogP contribution < -0.4 is 9.47 Å². The Morgan fingerprint density at radius 2 is 2.11 bits per heavy atom. The Morgan fingerprint density at radius 1 is 1.32 bits per heavy atom. The Balaban J connectivity index is 2.42. The molecule has 1 aromatic carbocycles. The molecule has 0 fully saturated rings. The molecule has 2 aromatic rings. The molecule has 19 heavy (non-hydrogen) atoms. The zero-order valence-corrected chi connectivity index (χ0v) is 11.8. The smallest absolute Gasteiger partial charge is 0.261 e. The molecule has 0 aliphatic rings. The average Bonchev–Trinajstić information content (AvgIpc) is 2.95. The quantitative estimate of drug-likeness (QED) is 0.786. The zero-order chi connectivity index (χ0) is 13.8. The molecule has 2 rings (SSSR count). The molecule has 1 aromatic heterocycles. The number of rotatable bonds is 5. The van der Waals surface area contributed by atoms with Gasteiger partial charge >= 0.3 is 0 Å². The van der Waals surface area contributed by atoms with Crippen molar-refractivity contribution < 1.29 is 14.0 Å². The number of ether oxygens (including phenoxy) is 2. The Labute approximate surface area is 116 Å². The highest BCUT2D eigenvalue weighted by molar-refractivity contribution is 6.20. The normalized spacial score (nSPS) is 12.2. The van der Waals surface area contributed by atoms with E-state index in [9.17, 15) is 0 Å². The molecule has 0 aliphatic carbocycles. The monoisotopic (exact) mass is 282 g/mol. The number of aromatic nitrogens is 2. The first-order valence-corrected chi connectivity index (χ1v) is 6.33. The molecule has 0 spiro atoms. The highest BCUT2D eigenvalue weighted by Gasteiger charge is 2.18. The van der Waals surface area contributed by atoms with Crippen molar-refractivity contribution >= 4 is 11.6 Å². The summed E-state index contributed by atoms with van der Waals surface area (Å²) in [4.78, 5) is 4.29. The molecule has 0 bridgehead atoms. The summed E-state index contributed by atoms with van der Waals surface area (Å²) in [5.41, 5.74) is 0.681. The van der Waals surface area contributed by atoms with Crippen molar-refractivity contribution in [2.45, 2.75) is 18.7 Å². The zero-order valence-electron chi connectivity index (χ0n) is 11.0. The lowest BCUT2D eigenvalue weighted by atomic mass is 10.2. The fourth-order valence-corrected chi connectivity index (χ4v) is 1.72. The maximum absolute atomic E-state index is 6.08. The molecule has 0 saturated carbocycles. The highest BCUT2D eigenvalue weighted by atomic mass is 35.5. The Kier molecular flexibility index (Phi) is 4.27. The average molecular weight is 283 g/mol. The van der Waals surface area contributed by atoms with Crippen LogP contribution in [-0.4, -0.2) is 24.4 Å². The third-order valence-electron chi connectivity index (χ3n) is 2.72. The first kappa shape index (κ1) is 13.7. The minimum Gasteiger partial charge on any atom is -0.497 e. The first-order chi connectivity index (χ1) is 9.19. The molecule has 0 saturated heterocycles. The summed E-state index contributed by atoms with van der Waals surface area (Å²) in [5.74, 6) is 2.17. The van der Waals surface area contributed by atoms with Crippen molar-refractivity contribution in [3.05, 3.63) is 24.0 Å². The summed E-state index contributed by atoms with van der Waals surface area (Å²) in [6, 6.07) is 5.37. The van der Waals surface area contributed by atoms with Gasteiger partial charge in [0.25, 0.3) is 5.89 Å². The van der Waals surface area contributed by atoms with Gasteiger partial charge in [-0.2, -0.15) is 4.98 Å². The SMILES string of the molecule is CCC(Cl)c1noc(-c2cc(OC)ccc2OC)n1. The number of methoxy groups -OCH3 is 2. The van der Waals surface area contributed by atoms with Gasteiger partial charge in [0.05, 0.1) is 25.2 Å². The van der Waals surface area contributed by atoms with Crippen molar-refractivity contribution in [3.63, 3.8) is 0 Å². The number of benzene rings is 1. The molecule has 0 radical (unpaired) electrons. The van der Waals surface area contributed by atoms with E-state index in [-0.39, 0.29) is 5.38 Å². The highest BCUT2D eigenvalue weighted by Crippen LogP contribution is 2.33. The van der Waals surface area contributed by atoms with Crippen LogP contribution in [0.3, 0.4) is 0 Å². The van der Waals surface area contributed by atoms with Crippen LogP contribution >= 0.6 is 11.6 Å². The van der Waals surface area contributed by atoms with Gasteiger partial charge in [-0.3, -0.25) is 0 Å². The van der Waals surface area contributed by atoms with Crippen molar-refractivity contribution in [1.29, 1.82) is 0 Å². The number of halogens is 1. The second kappa shape index (κ2) is 5.93. The Hall–Kier alpha value is -1.75. The lowest BCUT2D eigenvalue weighted by Crippen LogP contribution is -1.92. The van der Waals surface area contributed by atoms with Gasteiger partial charge in [-0.25, -0.2) is 0 Å². The summed E-state index contributed by atoms with van der Waals surface area (Å²) in [6.07, 6.45) is 0.732. The predicted octanol–water partition coefficient (Wildman–Crippen LogP) is 3.44. The van der Waals surface area contributed by atoms with E-state index in [1.165, 1.54) is 0 Å².